The van der Waals surface area contributed by atoms with Gasteiger partial charge in [0.2, 0.25) is 0 Å². The van der Waals surface area contributed by atoms with Crippen LogP contribution in [0.1, 0.15) is 40.0 Å². The first-order valence-electron chi connectivity index (χ1n) is 6.77. The third-order valence-electron chi connectivity index (χ3n) is 3.33. The van der Waals surface area contributed by atoms with Crippen molar-refractivity contribution in [1.82, 2.24) is 10.2 Å². The maximum Gasteiger partial charge on any atom is 0.326 e. The minimum atomic E-state index is -0.979. The predicted molar refractivity (Wildman–Crippen MR) is 71.1 cm³/mol. The van der Waals surface area contributed by atoms with Gasteiger partial charge in [0, 0.05) is 6.54 Å². The van der Waals surface area contributed by atoms with Gasteiger partial charge >= 0.3 is 12.0 Å². The first-order valence-corrected chi connectivity index (χ1v) is 6.77. The fraction of sp³-hybridized carbons (Fsp3) is 0.846. The van der Waals surface area contributed by atoms with Gasteiger partial charge in [-0.15, -0.1) is 0 Å². The summed E-state index contributed by atoms with van der Waals surface area (Å²) in [6, 6.07) is -1.14. The molecule has 19 heavy (non-hydrogen) atoms. The Balaban J connectivity index is 2.62. The van der Waals surface area contributed by atoms with Crippen molar-refractivity contribution in [2.75, 3.05) is 19.8 Å². The molecule has 1 atom stereocenters. The lowest BCUT2D eigenvalue weighted by Crippen LogP contribution is -2.60. The molecule has 0 bridgehead atoms. The molecule has 0 aromatic rings. The molecule has 110 valence electrons. The molecule has 1 aliphatic heterocycles. The van der Waals surface area contributed by atoms with Crippen LogP contribution in [0.3, 0.4) is 0 Å². The van der Waals surface area contributed by atoms with Crippen molar-refractivity contribution in [3.63, 3.8) is 0 Å². The lowest BCUT2D eigenvalue weighted by Gasteiger charge is -2.42. The van der Waals surface area contributed by atoms with Crippen LogP contribution in [0, 0.1) is 0 Å². The quantitative estimate of drug-likeness (QED) is 0.794. The fourth-order valence-electron chi connectivity index (χ4n) is 2.13. The second kappa shape index (κ2) is 6.75. The fourth-order valence-corrected chi connectivity index (χ4v) is 2.13. The maximum absolute atomic E-state index is 12.2. The first kappa shape index (κ1) is 15.8. The Hall–Kier alpha value is -1.30. The zero-order valence-corrected chi connectivity index (χ0v) is 11.9. The average molecular weight is 272 g/mol. The van der Waals surface area contributed by atoms with Crippen molar-refractivity contribution in [1.29, 1.82) is 0 Å². The lowest BCUT2D eigenvalue weighted by atomic mass is 10.0. The Morgan fingerprint density at radius 3 is 2.68 bits per heavy atom. The van der Waals surface area contributed by atoms with Crippen LogP contribution in [-0.2, 0) is 9.53 Å². The molecule has 1 saturated heterocycles. The van der Waals surface area contributed by atoms with Crippen molar-refractivity contribution in [2.45, 2.75) is 51.6 Å². The Kier molecular flexibility index (Phi) is 5.60. The predicted octanol–water partition coefficient (Wildman–Crippen LogP) is 1.45. The molecule has 6 heteroatoms. The number of hydrogen-bond donors (Lipinski definition) is 2. The van der Waals surface area contributed by atoms with E-state index in [0.29, 0.717) is 26.2 Å². The minimum absolute atomic E-state index is 0.322. The third kappa shape index (κ3) is 4.38. The number of hydrogen-bond acceptors (Lipinski definition) is 3. The summed E-state index contributed by atoms with van der Waals surface area (Å²) < 4.78 is 5.34. The number of ether oxygens (including phenoxy) is 1. The zero-order chi connectivity index (χ0) is 14.5. The number of rotatable bonds is 5. The summed E-state index contributed by atoms with van der Waals surface area (Å²) in [7, 11) is 0. The molecular weight excluding hydrogens is 248 g/mol. The minimum Gasteiger partial charge on any atom is -0.480 e. The van der Waals surface area contributed by atoms with E-state index in [1.165, 1.54) is 0 Å². The summed E-state index contributed by atoms with van der Waals surface area (Å²) >= 11 is 0. The van der Waals surface area contributed by atoms with Crippen LogP contribution in [0.2, 0.25) is 0 Å². The highest BCUT2D eigenvalue weighted by atomic mass is 16.5. The molecule has 1 aliphatic rings. The molecule has 6 nitrogen and oxygen atoms in total. The molecule has 0 aliphatic carbocycles. The summed E-state index contributed by atoms with van der Waals surface area (Å²) in [6.07, 6.45) is 2.15. The molecule has 0 aromatic heterocycles. The van der Waals surface area contributed by atoms with Gasteiger partial charge in [0.1, 0.15) is 6.04 Å². The van der Waals surface area contributed by atoms with E-state index in [0.717, 1.165) is 12.8 Å². The van der Waals surface area contributed by atoms with E-state index < -0.39 is 17.6 Å². The molecule has 0 aromatic carbocycles. The highest BCUT2D eigenvalue weighted by Crippen LogP contribution is 2.19. The Morgan fingerprint density at radius 2 is 2.16 bits per heavy atom. The third-order valence-corrected chi connectivity index (χ3v) is 3.33. The van der Waals surface area contributed by atoms with Gasteiger partial charge in [-0.3, -0.25) is 0 Å². The van der Waals surface area contributed by atoms with E-state index in [2.05, 4.69) is 5.32 Å². The first-order chi connectivity index (χ1) is 8.88. The van der Waals surface area contributed by atoms with Crippen LogP contribution in [0.25, 0.3) is 0 Å². The van der Waals surface area contributed by atoms with Gasteiger partial charge in [-0.1, -0.05) is 19.8 Å². The summed E-state index contributed by atoms with van der Waals surface area (Å²) in [5.74, 6) is -0.979. The van der Waals surface area contributed by atoms with Gasteiger partial charge in [0.25, 0.3) is 0 Å². The standard InChI is InChI=1S/C13H24N2O4/c1-4-5-6-10(11(16)17)14-12(18)15-7-8-19-9-13(15,2)3/h10H,4-9H2,1-3H3,(H,14,18)(H,16,17). The van der Waals surface area contributed by atoms with Gasteiger partial charge in [0.15, 0.2) is 0 Å². The highest BCUT2D eigenvalue weighted by Gasteiger charge is 2.35. The number of urea groups is 1. The summed E-state index contributed by atoms with van der Waals surface area (Å²) in [5, 5.41) is 11.7. The second-order valence-corrected chi connectivity index (χ2v) is 5.50. The number of carboxylic acids is 1. The number of morpholine rings is 1. The molecule has 0 saturated carbocycles. The monoisotopic (exact) mass is 272 g/mol. The van der Waals surface area contributed by atoms with E-state index in [-0.39, 0.29) is 6.03 Å². The maximum atomic E-state index is 12.2. The Bertz CT molecular complexity index is 331. The van der Waals surface area contributed by atoms with Crippen molar-refractivity contribution in [3.8, 4) is 0 Å². The van der Waals surface area contributed by atoms with E-state index in [1.54, 1.807) is 4.90 Å². The Labute approximate surface area is 114 Å². The number of unbranched alkanes of at least 4 members (excludes halogenated alkanes) is 1. The van der Waals surface area contributed by atoms with Gasteiger partial charge in [0.05, 0.1) is 18.8 Å². The topological polar surface area (TPSA) is 78.9 Å². The SMILES string of the molecule is CCCCC(NC(=O)N1CCOCC1(C)C)C(=O)O. The largest absolute Gasteiger partial charge is 0.480 e. The van der Waals surface area contributed by atoms with Crippen LogP contribution in [0.4, 0.5) is 4.79 Å². The number of carbonyl (C=O) groups is 2. The molecule has 1 heterocycles. The summed E-state index contributed by atoms with van der Waals surface area (Å²) in [6.45, 7) is 7.25. The number of nitrogens with one attached hydrogen (secondary N) is 1. The van der Waals surface area contributed by atoms with Crippen LogP contribution < -0.4 is 5.32 Å². The normalized spacial score (nSPS) is 19.8. The van der Waals surface area contributed by atoms with Gasteiger partial charge < -0.3 is 20.1 Å². The van der Waals surface area contributed by atoms with Crippen LogP contribution >= 0.6 is 0 Å². The van der Waals surface area contributed by atoms with Gasteiger partial charge in [-0.05, 0) is 20.3 Å². The van der Waals surface area contributed by atoms with Gasteiger partial charge in [-0.2, -0.15) is 0 Å². The molecule has 1 unspecified atom stereocenters. The van der Waals surface area contributed by atoms with Crippen molar-refractivity contribution in [2.24, 2.45) is 0 Å². The smallest absolute Gasteiger partial charge is 0.326 e. The lowest BCUT2D eigenvalue weighted by molar-refractivity contribution is -0.139. The van der Waals surface area contributed by atoms with E-state index in [9.17, 15) is 9.59 Å². The molecule has 1 rings (SSSR count). The second-order valence-electron chi connectivity index (χ2n) is 5.50. The van der Waals surface area contributed by atoms with E-state index >= 15 is 0 Å². The molecule has 0 radical (unpaired) electrons. The number of carbonyl (C=O) groups excluding carboxylic acids is 1. The zero-order valence-electron chi connectivity index (χ0n) is 11.9. The number of carboxylic acid groups (broad SMARTS) is 1. The molecular formula is C13H24N2O4. The molecule has 1 fully saturated rings. The number of nitrogens with zero attached hydrogens (tertiary/aromatic N) is 1. The highest BCUT2D eigenvalue weighted by molar-refractivity contribution is 5.83. The van der Waals surface area contributed by atoms with Crippen molar-refractivity contribution >= 4 is 12.0 Å². The van der Waals surface area contributed by atoms with E-state index in [4.69, 9.17) is 9.84 Å². The molecule has 2 N–H and O–H groups in total. The van der Waals surface area contributed by atoms with Crippen molar-refractivity contribution < 1.29 is 19.4 Å². The van der Waals surface area contributed by atoms with E-state index in [1.807, 2.05) is 20.8 Å². The van der Waals surface area contributed by atoms with Crippen LogP contribution in [0.15, 0.2) is 0 Å². The Morgan fingerprint density at radius 1 is 1.47 bits per heavy atom. The van der Waals surface area contributed by atoms with Crippen molar-refractivity contribution in [3.05, 3.63) is 0 Å². The summed E-state index contributed by atoms with van der Waals surface area (Å²) in [5.41, 5.74) is -0.407. The van der Waals surface area contributed by atoms with Crippen LogP contribution in [0.5, 0.6) is 0 Å². The summed E-state index contributed by atoms with van der Waals surface area (Å²) in [4.78, 5) is 25.0. The molecule has 2 amide bonds. The number of aliphatic carboxylic acids is 1. The van der Waals surface area contributed by atoms with Gasteiger partial charge in [-0.25, -0.2) is 9.59 Å². The molecule has 0 spiro atoms. The number of amides is 2. The van der Waals surface area contributed by atoms with Crippen LogP contribution in [-0.4, -0.2) is 53.3 Å². The average Bonchev–Trinajstić information content (AvgIpc) is 2.33.